The number of halogens is 2. The van der Waals surface area contributed by atoms with Gasteiger partial charge in [0, 0.05) is 24.1 Å². The Morgan fingerprint density at radius 3 is 2.83 bits per heavy atom. The molecule has 0 unspecified atom stereocenters. The van der Waals surface area contributed by atoms with E-state index in [0.29, 0.717) is 37.2 Å². The maximum atomic E-state index is 13.7. The van der Waals surface area contributed by atoms with Crippen molar-refractivity contribution in [3.8, 4) is 0 Å². The number of benzene rings is 1. The van der Waals surface area contributed by atoms with E-state index in [1.165, 1.54) is 5.01 Å². The molecule has 2 heterocycles. The second kappa shape index (κ2) is 6.23. The van der Waals surface area contributed by atoms with Gasteiger partial charge >= 0.3 is 0 Å². The highest BCUT2D eigenvalue weighted by atomic mass is 19.1. The van der Waals surface area contributed by atoms with Gasteiger partial charge in [0.25, 0.3) is 0 Å². The Balaban J connectivity index is 1.70. The van der Waals surface area contributed by atoms with E-state index in [1.807, 2.05) is 0 Å². The number of carbonyl (C=O) groups is 2. The van der Waals surface area contributed by atoms with E-state index < -0.39 is 11.6 Å². The molecule has 2 amide bonds. The fraction of sp³-hybridized carbons (Fsp3) is 0.333. The average molecular weight is 320 g/mol. The predicted octanol–water partition coefficient (Wildman–Crippen LogP) is 1.56. The first-order valence-corrected chi connectivity index (χ1v) is 7.20. The van der Waals surface area contributed by atoms with Gasteiger partial charge in [-0.1, -0.05) is 0 Å². The maximum absolute atomic E-state index is 13.7. The first-order chi connectivity index (χ1) is 11.0. The molecule has 1 aromatic rings. The Hall–Kier alpha value is -2.64. The lowest BCUT2D eigenvalue weighted by molar-refractivity contribution is -0.129. The lowest BCUT2D eigenvalue weighted by atomic mass is 10.1. The Morgan fingerprint density at radius 1 is 1.26 bits per heavy atom. The SMILES string of the molecule is O=C1CCC(CC(=O)N2CCC(c3cc(F)ccc3F)=N2)=NN1. The van der Waals surface area contributed by atoms with Gasteiger partial charge in [-0.2, -0.15) is 10.2 Å². The number of rotatable bonds is 3. The van der Waals surface area contributed by atoms with Crippen LogP contribution in [0.4, 0.5) is 8.78 Å². The Bertz CT molecular complexity index is 730. The summed E-state index contributed by atoms with van der Waals surface area (Å²) < 4.78 is 27.0. The van der Waals surface area contributed by atoms with Crippen molar-refractivity contribution in [2.75, 3.05) is 6.54 Å². The van der Waals surface area contributed by atoms with Crippen LogP contribution in [0.2, 0.25) is 0 Å². The fourth-order valence-corrected chi connectivity index (χ4v) is 2.45. The van der Waals surface area contributed by atoms with Gasteiger partial charge in [-0.05, 0) is 24.6 Å². The molecule has 0 radical (unpaired) electrons. The van der Waals surface area contributed by atoms with Crippen molar-refractivity contribution >= 4 is 23.2 Å². The summed E-state index contributed by atoms with van der Waals surface area (Å²) in [5, 5.41) is 9.16. The number of hydrazone groups is 2. The third-order valence-electron chi connectivity index (χ3n) is 3.66. The Kier molecular flexibility index (Phi) is 4.14. The van der Waals surface area contributed by atoms with Gasteiger partial charge in [0.15, 0.2) is 0 Å². The number of nitrogens with one attached hydrogen (secondary N) is 1. The topological polar surface area (TPSA) is 74.1 Å². The average Bonchev–Trinajstić information content (AvgIpc) is 3.02. The molecule has 0 aromatic heterocycles. The zero-order chi connectivity index (χ0) is 16.4. The predicted molar refractivity (Wildman–Crippen MR) is 78.7 cm³/mol. The molecule has 0 bridgehead atoms. The maximum Gasteiger partial charge on any atom is 0.248 e. The van der Waals surface area contributed by atoms with Gasteiger partial charge < -0.3 is 0 Å². The normalized spacial score (nSPS) is 17.7. The molecule has 0 fully saturated rings. The molecule has 1 aromatic carbocycles. The number of hydrogen-bond donors (Lipinski definition) is 1. The monoisotopic (exact) mass is 320 g/mol. The van der Waals surface area contributed by atoms with Crippen molar-refractivity contribution in [2.24, 2.45) is 10.2 Å². The Labute approximate surface area is 130 Å². The van der Waals surface area contributed by atoms with Gasteiger partial charge in [0.1, 0.15) is 11.6 Å². The molecule has 0 aliphatic carbocycles. The lowest BCUT2D eigenvalue weighted by Gasteiger charge is -2.14. The van der Waals surface area contributed by atoms with E-state index >= 15 is 0 Å². The summed E-state index contributed by atoms with van der Waals surface area (Å²) in [4.78, 5) is 23.2. The van der Waals surface area contributed by atoms with Gasteiger partial charge in [-0.25, -0.2) is 19.2 Å². The van der Waals surface area contributed by atoms with Gasteiger partial charge in [-0.3, -0.25) is 9.59 Å². The number of hydrogen-bond acceptors (Lipinski definition) is 4. The van der Waals surface area contributed by atoms with Crippen LogP contribution in [0.25, 0.3) is 0 Å². The minimum atomic E-state index is -0.571. The summed E-state index contributed by atoms with van der Waals surface area (Å²) >= 11 is 0. The zero-order valence-electron chi connectivity index (χ0n) is 12.2. The van der Waals surface area contributed by atoms with E-state index in [2.05, 4.69) is 15.6 Å². The first kappa shape index (κ1) is 15.3. The van der Waals surface area contributed by atoms with Crippen molar-refractivity contribution in [2.45, 2.75) is 25.7 Å². The van der Waals surface area contributed by atoms with Crippen molar-refractivity contribution in [3.05, 3.63) is 35.4 Å². The van der Waals surface area contributed by atoms with E-state index in [1.54, 1.807) is 0 Å². The summed E-state index contributed by atoms with van der Waals surface area (Å²) in [5.74, 6) is -1.59. The summed E-state index contributed by atoms with van der Waals surface area (Å²) in [5.41, 5.74) is 3.32. The van der Waals surface area contributed by atoms with Crippen LogP contribution in [-0.4, -0.2) is 34.8 Å². The van der Waals surface area contributed by atoms with Crippen LogP contribution in [-0.2, 0) is 9.59 Å². The Morgan fingerprint density at radius 2 is 2.09 bits per heavy atom. The summed E-state index contributed by atoms with van der Waals surface area (Å²) in [7, 11) is 0. The van der Waals surface area contributed by atoms with Crippen molar-refractivity contribution in [1.82, 2.24) is 10.4 Å². The summed E-state index contributed by atoms with van der Waals surface area (Å²) in [6, 6.07) is 3.15. The minimum absolute atomic E-state index is 0.0443. The number of amides is 2. The third-order valence-corrected chi connectivity index (χ3v) is 3.66. The third kappa shape index (κ3) is 3.41. The molecule has 8 heteroatoms. The van der Waals surface area contributed by atoms with E-state index in [-0.39, 0.29) is 23.8 Å². The zero-order valence-corrected chi connectivity index (χ0v) is 12.2. The van der Waals surface area contributed by atoms with Crippen LogP contribution < -0.4 is 5.43 Å². The first-order valence-electron chi connectivity index (χ1n) is 7.20. The van der Waals surface area contributed by atoms with Gasteiger partial charge in [0.05, 0.1) is 18.7 Å². The quantitative estimate of drug-likeness (QED) is 0.918. The second-order valence-electron chi connectivity index (χ2n) is 5.33. The molecule has 0 saturated heterocycles. The van der Waals surface area contributed by atoms with Gasteiger partial charge in [0.2, 0.25) is 11.8 Å². The van der Waals surface area contributed by atoms with E-state index in [9.17, 15) is 18.4 Å². The molecule has 120 valence electrons. The summed E-state index contributed by atoms with van der Waals surface area (Å²) in [6.45, 7) is 0.309. The van der Waals surface area contributed by atoms with Crippen LogP contribution >= 0.6 is 0 Å². The standard InChI is InChI=1S/C15H14F2N4O2/c16-9-1-3-12(17)11(7-9)13-5-6-21(20-13)15(23)8-10-2-4-14(22)19-18-10/h1,3,7H,2,4-6,8H2,(H,19,22). The molecular formula is C15H14F2N4O2. The molecule has 0 saturated carbocycles. The molecule has 0 atom stereocenters. The van der Waals surface area contributed by atoms with Crippen molar-refractivity contribution < 1.29 is 18.4 Å². The van der Waals surface area contributed by atoms with Crippen LogP contribution in [0.15, 0.2) is 28.4 Å². The molecule has 6 nitrogen and oxygen atoms in total. The second-order valence-corrected chi connectivity index (χ2v) is 5.33. The number of nitrogens with zero attached hydrogens (tertiary/aromatic N) is 3. The van der Waals surface area contributed by atoms with Crippen LogP contribution in [0, 0.1) is 11.6 Å². The lowest BCUT2D eigenvalue weighted by Crippen LogP contribution is -2.30. The fourth-order valence-electron chi connectivity index (χ4n) is 2.45. The van der Waals surface area contributed by atoms with Gasteiger partial charge in [-0.15, -0.1) is 0 Å². The molecular weight excluding hydrogens is 306 g/mol. The van der Waals surface area contributed by atoms with Crippen molar-refractivity contribution in [1.29, 1.82) is 0 Å². The molecule has 3 rings (SSSR count). The molecule has 0 spiro atoms. The van der Waals surface area contributed by atoms with Crippen molar-refractivity contribution in [3.63, 3.8) is 0 Å². The molecule has 23 heavy (non-hydrogen) atoms. The smallest absolute Gasteiger partial charge is 0.248 e. The highest BCUT2D eigenvalue weighted by Gasteiger charge is 2.25. The van der Waals surface area contributed by atoms with E-state index in [4.69, 9.17) is 0 Å². The van der Waals surface area contributed by atoms with Crippen LogP contribution in [0.3, 0.4) is 0 Å². The van der Waals surface area contributed by atoms with Crippen LogP contribution in [0.5, 0.6) is 0 Å². The summed E-state index contributed by atoms with van der Waals surface area (Å²) in [6.07, 6.45) is 1.13. The minimum Gasteiger partial charge on any atom is -0.273 e. The highest BCUT2D eigenvalue weighted by Crippen LogP contribution is 2.19. The largest absolute Gasteiger partial charge is 0.273 e. The number of carbonyl (C=O) groups excluding carboxylic acids is 2. The highest BCUT2D eigenvalue weighted by molar-refractivity contribution is 6.06. The van der Waals surface area contributed by atoms with Crippen LogP contribution in [0.1, 0.15) is 31.2 Å². The molecule has 2 aliphatic heterocycles. The molecule has 2 aliphatic rings. The van der Waals surface area contributed by atoms with E-state index in [0.717, 1.165) is 18.2 Å². The molecule has 1 N–H and O–H groups in total.